The molecule has 9 heteroatoms. The Kier molecular flexibility index (Phi) is 9.85. The van der Waals surface area contributed by atoms with Crippen LogP contribution in [0.25, 0.3) is 22.4 Å². The number of carbonyl (C=O) groups is 1. The highest BCUT2D eigenvalue weighted by molar-refractivity contribution is 7.90. The summed E-state index contributed by atoms with van der Waals surface area (Å²) >= 11 is -1.34. The van der Waals surface area contributed by atoms with Gasteiger partial charge in [-0.2, -0.15) is 5.26 Å². The van der Waals surface area contributed by atoms with Crippen molar-refractivity contribution in [3.05, 3.63) is 77.0 Å². The summed E-state index contributed by atoms with van der Waals surface area (Å²) in [7, 11) is 0. The molecule has 1 amide bonds. The molecule has 2 N–H and O–H groups in total. The molecule has 8 nitrogen and oxygen atoms in total. The second-order valence-corrected chi connectivity index (χ2v) is 14.5. The molecule has 2 aromatic carbocycles. The molecule has 1 saturated heterocycles. The third kappa shape index (κ3) is 7.11. The second-order valence-electron chi connectivity index (χ2n) is 12.3. The van der Waals surface area contributed by atoms with Crippen molar-refractivity contribution in [3.8, 4) is 28.5 Å². The number of aliphatic hydroxyl groups excluding tert-OH is 1. The van der Waals surface area contributed by atoms with Crippen molar-refractivity contribution in [3.63, 3.8) is 0 Å². The first-order valence-corrected chi connectivity index (χ1v) is 16.2. The van der Waals surface area contributed by atoms with Crippen molar-refractivity contribution < 1.29 is 14.5 Å². The fraction of sp³-hybridized carbons (Fsp3) is 0.441. The molecule has 5 rings (SSSR count). The lowest BCUT2D eigenvalue weighted by molar-refractivity contribution is 0.0941. The number of pyridine rings is 1. The van der Waals surface area contributed by atoms with Gasteiger partial charge in [0, 0.05) is 42.2 Å². The van der Waals surface area contributed by atoms with Crippen molar-refractivity contribution in [2.75, 3.05) is 32.8 Å². The highest BCUT2D eigenvalue weighted by Crippen LogP contribution is 2.45. The van der Waals surface area contributed by atoms with Gasteiger partial charge >= 0.3 is 0 Å². The van der Waals surface area contributed by atoms with Gasteiger partial charge < -0.3 is 19.9 Å². The molecule has 0 aliphatic carbocycles. The van der Waals surface area contributed by atoms with Gasteiger partial charge in [-0.1, -0.05) is 36.8 Å². The van der Waals surface area contributed by atoms with Gasteiger partial charge in [-0.05, 0) is 94.1 Å². The molecule has 226 valence electrons. The predicted molar refractivity (Wildman–Crippen MR) is 170 cm³/mol. The Morgan fingerprint density at radius 1 is 1.09 bits per heavy atom. The molecule has 0 saturated carbocycles. The summed E-state index contributed by atoms with van der Waals surface area (Å²) in [5, 5.41) is 22.6. The van der Waals surface area contributed by atoms with Crippen molar-refractivity contribution in [2.24, 2.45) is 0 Å². The van der Waals surface area contributed by atoms with Crippen LogP contribution in [0.5, 0.6) is 0 Å². The number of aliphatic hydroxyl groups is 1. The number of amides is 1. The number of carbonyl (C=O) groups excluding carboxylic acids is 1. The minimum Gasteiger partial charge on any atom is -0.597 e. The zero-order valence-electron chi connectivity index (χ0n) is 25.3. The van der Waals surface area contributed by atoms with Crippen molar-refractivity contribution in [1.82, 2.24) is 19.5 Å². The van der Waals surface area contributed by atoms with Gasteiger partial charge in [0.05, 0.1) is 29.9 Å². The molecular formula is C34H41N5O3S. The van der Waals surface area contributed by atoms with Crippen molar-refractivity contribution in [2.45, 2.75) is 63.8 Å². The number of nitrogens with one attached hydrogen (secondary N) is 1. The van der Waals surface area contributed by atoms with E-state index in [4.69, 9.17) is 4.98 Å². The standard InChI is InChI=1S/C34H41N5O3S/c1-34(2,3)43(42)39-23-28-21-29(33(41)36-14-17-38-15-5-4-6-16-38)37-32(31(28)30(39)13-18-40)27-12-8-11-26(20-27)25-10-7-9-24(19-25)22-35/h7-12,19-21,30,40H,4-6,13-18,23H2,1-3H3,(H,36,41)/t30-,43?/m0/s1. The Morgan fingerprint density at radius 2 is 1.79 bits per heavy atom. The maximum atomic E-state index is 13.7. The van der Waals surface area contributed by atoms with Crippen LogP contribution in [-0.2, 0) is 17.9 Å². The zero-order chi connectivity index (χ0) is 30.6. The zero-order valence-corrected chi connectivity index (χ0v) is 26.1. The number of rotatable bonds is 9. The third-order valence-corrected chi connectivity index (χ3v) is 10.0. The van der Waals surface area contributed by atoms with E-state index >= 15 is 0 Å². The molecular weight excluding hydrogens is 558 g/mol. The second kappa shape index (κ2) is 13.6. The highest BCUT2D eigenvalue weighted by atomic mass is 32.2. The molecule has 0 bridgehead atoms. The van der Waals surface area contributed by atoms with E-state index < -0.39 is 16.1 Å². The summed E-state index contributed by atoms with van der Waals surface area (Å²) in [6.07, 6.45) is 4.06. The molecule has 1 aromatic heterocycles. The summed E-state index contributed by atoms with van der Waals surface area (Å²) < 4.78 is 15.1. The number of hydrogen-bond donors (Lipinski definition) is 2. The number of likely N-dealkylation sites (tertiary alicyclic amines) is 1. The topological polar surface area (TPSA) is 116 Å². The normalized spacial score (nSPS) is 18.2. The predicted octanol–water partition coefficient (Wildman–Crippen LogP) is 5.20. The highest BCUT2D eigenvalue weighted by Gasteiger charge is 2.45. The maximum absolute atomic E-state index is 13.7. The van der Waals surface area contributed by atoms with Crippen LogP contribution in [0.4, 0.5) is 0 Å². The summed E-state index contributed by atoms with van der Waals surface area (Å²) in [6, 6.07) is 19.1. The lowest BCUT2D eigenvalue weighted by Crippen LogP contribution is -2.42. The van der Waals surface area contributed by atoms with Gasteiger partial charge in [0.2, 0.25) is 0 Å². The smallest absolute Gasteiger partial charge is 0.269 e. The molecule has 2 aliphatic rings. The van der Waals surface area contributed by atoms with Crippen LogP contribution < -0.4 is 5.32 Å². The quantitative estimate of drug-likeness (QED) is 0.325. The Bertz CT molecular complexity index is 1490. The fourth-order valence-corrected chi connectivity index (χ4v) is 7.42. The van der Waals surface area contributed by atoms with E-state index in [1.165, 1.54) is 19.3 Å². The Balaban J connectivity index is 1.54. The molecule has 1 unspecified atom stereocenters. The Hall–Kier alpha value is -3.26. The number of hydrogen-bond acceptors (Lipinski definition) is 7. The van der Waals surface area contributed by atoms with Crippen molar-refractivity contribution >= 4 is 17.3 Å². The van der Waals surface area contributed by atoms with E-state index in [1.807, 2.05) is 73.6 Å². The summed E-state index contributed by atoms with van der Waals surface area (Å²) in [5.74, 6) is -0.229. The summed E-state index contributed by atoms with van der Waals surface area (Å²) in [6.45, 7) is 9.66. The van der Waals surface area contributed by atoms with Crippen LogP contribution >= 0.6 is 0 Å². The van der Waals surface area contributed by atoms with Crippen LogP contribution in [0.3, 0.4) is 0 Å². The molecule has 43 heavy (non-hydrogen) atoms. The average molecular weight is 600 g/mol. The van der Waals surface area contributed by atoms with Crippen LogP contribution in [0, 0.1) is 11.3 Å². The molecule has 3 aromatic rings. The minimum atomic E-state index is -1.34. The first-order valence-electron chi connectivity index (χ1n) is 15.1. The van der Waals surface area contributed by atoms with E-state index in [0.29, 0.717) is 36.5 Å². The third-order valence-electron chi connectivity index (χ3n) is 8.15. The molecule has 0 spiro atoms. The molecule has 0 radical (unpaired) electrons. The Morgan fingerprint density at radius 3 is 2.49 bits per heavy atom. The number of piperidine rings is 1. The largest absolute Gasteiger partial charge is 0.597 e. The number of nitrogens with zero attached hydrogens (tertiary/aromatic N) is 4. The van der Waals surface area contributed by atoms with Crippen LogP contribution in [0.2, 0.25) is 0 Å². The molecule has 2 aliphatic heterocycles. The van der Waals surface area contributed by atoms with Gasteiger partial charge in [-0.25, -0.2) is 4.98 Å². The number of benzene rings is 2. The lowest BCUT2D eigenvalue weighted by Gasteiger charge is -2.33. The number of aromatic nitrogens is 1. The first kappa shape index (κ1) is 31.2. The average Bonchev–Trinajstić information content (AvgIpc) is 3.38. The van der Waals surface area contributed by atoms with E-state index in [9.17, 15) is 19.7 Å². The van der Waals surface area contributed by atoms with Gasteiger partial charge in [0.1, 0.15) is 10.4 Å². The molecule has 2 atom stereocenters. The molecule has 1 fully saturated rings. The summed E-state index contributed by atoms with van der Waals surface area (Å²) in [4.78, 5) is 20.8. The SMILES string of the molecule is CC(C)(C)[S+]([O-])N1Cc2cc(C(=O)NCCN3CCCCC3)nc(-c3cccc(-c4cccc(C#N)c4)c3)c2[C@@H]1CCO. The fourth-order valence-electron chi connectivity index (χ4n) is 6.02. The van der Waals surface area contributed by atoms with E-state index in [1.54, 1.807) is 6.07 Å². The van der Waals surface area contributed by atoms with Gasteiger partial charge in [-0.3, -0.25) is 4.79 Å². The van der Waals surface area contributed by atoms with Crippen LogP contribution in [0.1, 0.15) is 79.7 Å². The number of nitriles is 1. The van der Waals surface area contributed by atoms with Gasteiger partial charge in [0.25, 0.3) is 5.91 Å². The van der Waals surface area contributed by atoms with Gasteiger partial charge in [-0.15, -0.1) is 4.31 Å². The maximum Gasteiger partial charge on any atom is 0.269 e. The van der Waals surface area contributed by atoms with E-state index in [-0.39, 0.29) is 18.6 Å². The minimum absolute atomic E-state index is 0.0683. The lowest BCUT2D eigenvalue weighted by atomic mass is 9.93. The monoisotopic (exact) mass is 599 g/mol. The first-order chi connectivity index (χ1) is 20.7. The van der Waals surface area contributed by atoms with Crippen LogP contribution in [0.15, 0.2) is 54.6 Å². The van der Waals surface area contributed by atoms with Crippen LogP contribution in [-0.4, -0.2) is 67.3 Å². The van der Waals surface area contributed by atoms with E-state index in [2.05, 4.69) is 16.3 Å². The van der Waals surface area contributed by atoms with Crippen molar-refractivity contribution in [1.29, 1.82) is 5.26 Å². The number of fused-ring (bicyclic) bond motifs is 1. The summed E-state index contributed by atoms with van der Waals surface area (Å²) in [5.41, 5.74) is 6.02. The Labute approximate surface area is 258 Å². The van der Waals surface area contributed by atoms with Gasteiger partial charge in [0.15, 0.2) is 0 Å². The molecule has 3 heterocycles. The van der Waals surface area contributed by atoms with E-state index in [0.717, 1.165) is 47.5 Å².